The minimum absolute atomic E-state index is 0.102. The smallest absolute Gasteiger partial charge is 0.233 e. The van der Waals surface area contributed by atoms with Crippen LogP contribution >= 0.6 is 0 Å². The lowest BCUT2D eigenvalue weighted by atomic mass is 9.59. The molecule has 0 bridgehead atoms. The van der Waals surface area contributed by atoms with E-state index in [1.807, 2.05) is 49.5 Å². The van der Waals surface area contributed by atoms with Crippen LogP contribution in [0.2, 0.25) is 0 Å². The van der Waals surface area contributed by atoms with Gasteiger partial charge in [0.25, 0.3) is 0 Å². The lowest BCUT2D eigenvalue weighted by Crippen LogP contribution is -2.68. The van der Waals surface area contributed by atoms with Crippen LogP contribution in [0.15, 0.2) is 54.6 Å². The molecule has 1 aliphatic heterocycles. The summed E-state index contributed by atoms with van der Waals surface area (Å²) < 4.78 is 0. The highest BCUT2D eigenvalue weighted by Gasteiger charge is 2.64. The van der Waals surface area contributed by atoms with Gasteiger partial charge in [0.15, 0.2) is 5.78 Å². The number of benzene rings is 2. The van der Waals surface area contributed by atoms with E-state index in [1.54, 1.807) is 0 Å². The molecule has 1 fully saturated rings. The minimum Gasteiger partial charge on any atom is -0.369 e. The van der Waals surface area contributed by atoms with Gasteiger partial charge in [0.1, 0.15) is 5.41 Å². The summed E-state index contributed by atoms with van der Waals surface area (Å²) in [4.78, 5) is 28.9. The number of fused-ring (bicyclic) bond motifs is 1. The molecule has 2 atom stereocenters. The van der Waals surface area contributed by atoms with E-state index >= 15 is 0 Å². The first-order valence-corrected chi connectivity index (χ1v) is 9.69. The molecular formula is C23H26N2O2. The normalized spacial score (nSPS) is 28.1. The Bertz CT molecular complexity index is 879. The van der Waals surface area contributed by atoms with Gasteiger partial charge in [-0.1, -0.05) is 61.0 Å². The summed E-state index contributed by atoms with van der Waals surface area (Å²) >= 11 is 0. The third-order valence-electron chi connectivity index (χ3n) is 6.72. The number of likely N-dealkylation sites (N-methyl/N-ethyl adjacent to an activating group) is 1. The number of rotatable bonds is 4. The lowest BCUT2D eigenvalue weighted by Gasteiger charge is -2.54. The van der Waals surface area contributed by atoms with E-state index in [9.17, 15) is 9.59 Å². The standard InChI is InChI=1S/C23H26N2O2/c1-25-14-8-7-13-22(25,15-17-9-3-2-4-10-17)23(21(24)27)16-18-11-5-6-12-19(18)20(23)26/h2-6,9-12H,7-8,13-16H2,1H3,(H2,24,27). The van der Waals surface area contributed by atoms with Crippen LogP contribution in [0, 0.1) is 5.41 Å². The average molecular weight is 362 g/mol. The fourth-order valence-corrected chi connectivity index (χ4v) is 5.31. The maximum absolute atomic E-state index is 13.7. The minimum atomic E-state index is -1.22. The Labute approximate surface area is 160 Å². The first-order chi connectivity index (χ1) is 13.0. The van der Waals surface area contributed by atoms with Crippen LogP contribution < -0.4 is 5.73 Å². The Balaban J connectivity index is 1.90. The zero-order valence-corrected chi connectivity index (χ0v) is 15.8. The van der Waals surface area contributed by atoms with Gasteiger partial charge in [-0.3, -0.25) is 14.5 Å². The van der Waals surface area contributed by atoms with E-state index in [4.69, 9.17) is 5.73 Å². The van der Waals surface area contributed by atoms with Crippen LogP contribution in [0.5, 0.6) is 0 Å². The van der Waals surface area contributed by atoms with E-state index in [2.05, 4.69) is 17.0 Å². The largest absolute Gasteiger partial charge is 0.369 e. The number of ketones is 1. The zero-order valence-electron chi connectivity index (χ0n) is 15.8. The van der Waals surface area contributed by atoms with Crippen LogP contribution in [0.25, 0.3) is 0 Å². The Hall–Kier alpha value is -2.46. The second-order valence-corrected chi connectivity index (χ2v) is 8.01. The average Bonchev–Trinajstić information content (AvgIpc) is 2.99. The molecule has 0 aromatic heterocycles. The molecule has 2 aromatic carbocycles. The third-order valence-corrected chi connectivity index (χ3v) is 6.72. The summed E-state index contributed by atoms with van der Waals surface area (Å²) in [6.45, 7) is 0.867. The molecule has 1 aliphatic carbocycles. The van der Waals surface area contributed by atoms with Gasteiger partial charge in [-0.2, -0.15) is 0 Å². The van der Waals surface area contributed by atoms with Gasteiger partial charge in [0, 0.05) is 11.1 Å². The first kappa shape index (κ1) is 17.9. The fourth-order valence-electron chi connectivity index (χ4n) is 5.31. The summed E-state index contributed by atoms with van der Waals surface area (Å²) in [7, 11) is 2.04. The summed E-state index contributed by atoms with van der Waals surface area (Å²) in [6.07, 6.45) is 3.90. The number of hydrogen-bond acceptors (Lipinski definition) is 3. The van der Waals surface area contributed by atoms with Crippen molar-refractivity contribution >= 4 is 11.7 Å². The Kier molecular flexibility index (Phi) is 4.39. The Morgan fingerprint density at radius 2 is 1.78 bits per heavy atom. The van der Waals surface area contributed by atoms with Gasteiger partial charge >= 0.3 is 0 Å². The number of amides is 1. The van der Waals surface area contributed by atoms with Crippen LogP contribution in [0.4, 0.5) is 0 Å². The van der Waals surface area contributed by atoms with Gasteiger partial charge in [-0.25, -0.2) is 0 Å². The number of carbonyl (C=O) groups excluding carboxylic acids is 2. The Morgan fingerprint density at radius 3 is 2.44 bits per heavy atom. The van der Waals surface area contributed by atoms with Crippen molar-refractivity contribution in [2.24, 2.45) is 11.1 Å². The van der Waals surface area contributed by atoms with Crippen molar-refractivity contribution in [3.05, 3.63) is 71.3 Å². The molecule has 27 heavy (non-hydrogen) atoms. The van der Waals surface area contributed by atoms with E-state index in [1.165, 1.54) is 0 Å². The zero-order chi connectivity index (χ0) is 19.1. The molecule has 2 N–H and O–H groups in total. The fraction of sp³-hybridized carbons (Fsp3) is 0.391. The number of piperidine rings is 1. The highest BCUT2D eigenvalue weighted by atomic mass is 16.2. The van der Waals surface area contributed by atoms with Crippen LogP contribution in [0.1, 0.15) is 40.7 Å². The molecule has 0 spiro atoms. The molecule has 0 radical (unpaired) electrons. The van der Waals surface area contributed by atoms with E-state index in [0.29, 0.717) is 18.4 Å². The van der Waals surface area contributed by atoms with Crippen molar-refractivity contribution in [3.63, 3.8) is 0 Å². The monoisotopic (exact) mass is 362 g/mol. The predicted molar refractivity (Wildman–Crippen MR) is 105 cm³/mol. The van der Waals surface area contributed by atoms with E-state index in [0.717, 1.165) is 36.9 Å². The molecule has 4 heteroatoms. The number of Topliss-reactive ketones (excluding diaryl/α,β-unsaturated/α-hetero) is 1. The highest BCUT2D eigenvalue weighted by Crippen LogP contribution is 2.52. The SMILES string of the molecule is CN1CCCCC1(Cc1ccccc1)C1(C(N)=O)Cc2ccccc2C1=O. The molecule has 140 valence electrons. The van der Waals surface area contributed by atoms with Gasteiger partial charge in [0.2, 0.25) is 5.91 Å². The summed E-state index contributed by atoms with van der Waals surface area (Å²) in [5.74, 6) is -0.594. The Morgan fingerprint density at radius 1 is 1.07 bits per heavy atom. The van der Waals surface area contributed by atoms with Crippen molar-refractivity contribution in [1.29, 1.82) is 0 Å². The molecular weight excluding hydrogens is 336 g/mol. The molecule has 4 nitrogen and oxygen atoms in total. The predicted octanol–water partition coefficient (Wildman–Crippen LogP) is 2.99. The number of nitrogens with two attached hydrogens (primary N) is 1. The first-order valence-electron chi connectivity index (χ1n) is 9.69. The second-order valence-electron chi connectivity index (χ2n) is 8.01. The number of likely N-dealkylation sites (tertiary alicyclic amines) is 1. The van der Waals surface area contributed by atoms with Crippen LogP contribution in [-0.2, 0) is 17.6 Å². The highest BCUT2D eigenvalue weighted by molar-refractivity contribution is 6.18. The maximum Gasteiger partial charge on any atom is 0.233 e. The summed E-state index contributed by atoms with van der Waals surface area (Å²) in [5.41, 5.74) is 6.95. The quantitative estimate of drug-likeness (QED) is 0.851. The molecule has 4 rings (SSSR count). The van der Waals surface area contributed by atoms with Crippen molar-refractivity contribution in [3.8, 4) is 0 Å². The van der Waals surface area contributed by atoms with Crippen molar-refractivity contribution in [2.45, 2.75) is 37.6 Å². The summed E-state index contributed by atoms with van der Waals surface area (Å²) in [5, 5.41) is 0. The molecule has 2 aromatic rings. The van der Waals surface area contributed by atoms with Crippen molar-refractivity contribution in [1.82, 2.24) is 4.90 Å². The third kappa shape index (κ3) is 2.54. The molecule has 0 saturated carbocycles. The van der Waals surface area contributed by atoms with Gasteiger partial charge in [0.05, 0.1) is 0 Å². The molecule has 2 unspecified atom stereocenters. The topological polar surface area (TPSA) is 63.4 Å². The lowest BCUT2D eigenvalue weighted by molar-refractivity contribution is -0.135. The number of hydrogen-bond donors (Lipinski definition) is 1. The van der Waals surface area contributed by atoms with Crippen LogP contribution in [-0.4, -0.2) is 35.7 Å². The molecule has 1 amide bonds. The number of primary amides is 1. The van der Waals surface area contributed by atoms with Crippen molar-refractivity contribution < 1.29 is 9.59 Å². The molecule has 1 heterocycles. The molecule has 2 aliphatic rings. The number of carbonyl (C=O) groups is 2. The van der Waals surface area contributed by atoms with Crippen molar-refractivity contribution in [2.75, 3.05) is 13.6 Å². The van der Waals surface area contributed by atoms with E-state index < -0.39 is 16.9 Å². The maximum atomic E-state index is 13.7. The van der Waals surface area contributed by atoms with Crippen LogP contribution in [0.3, 0.4) is 0 Å². The van der Waals surface area contributed by atoms with Gasteiger partial charge in [-0.15, -0.1) is 0 Å². The van der Waals surface area contributed by atoms with E-state index in [-0.39, 0.29) is 5.78 Å². The number of nitrogens with zero attached hydrogens (tertiary/aromatic N) is 1. The second kappa shape index (κ2) is 6.61. The summed E-state index contributed by atoms with van der Waals surface area (Å²) in [6, 6.07) is 17.7. The molecule has 1 saturated heterocycles. The van der Waals surface area contributed by atoms with Gasteiger partial charge < -0.3 is 5.73 Å². The van der Waals surface area contributed by atoms with Gasteiger partial charge in [-0.05, 0) is 50.4 Å².